The largest absolute Gasteiger partial charge is 0.497 e. The van der Waals surface area contributed by atoms with Crippen LogP contribution in [0.4, 0.5) is 0 Å². The average Bonchev–Trinajstić information content (AvgIpc) is 3.31. The highest BCUT2D eigenvalue weighted by Gasteiger charge is 2.47. The highest BCUT2D eigenvalue weighted by molar-refractivity contribution is 6.00. The molecule has 6 heteroatoms. The molecule has 3 aromatic carbocycles. The van der Waals surface area contributed by atoms with Crippen molar-refractivity contribution >= 4 is 5.90 Å². The summed E-state index contributed by atoms with van der Waals surface area (Å²) in [5.74, 6) is 3.19. The van der Waals surface area contributed by atoms with Crippen LogP contribution in [0.3, 0.4) is 0 Å². The third-order valence-electron chi connectivity index (χ3n) is 6.88. The van der Waals surface area contributed by atoms with Gasteiger partial charge in [-0.1, -0.05) is 62.4 Å². The summed E-state index contributed by atoms with van der Waals surface area (Å²) >= 11 is 0. The Morgan fingerprint density at radius 3 is 1.97 bits per heavy atom. The van der Waals surface area contributed by atoms with Gasteiger partial charge in [-0.2, -0.15) is 0 Å². The van der Waals surface area contributed by atoms with Crippen LogP contribution in [0.2, 0.25) is 0 Å². The molecular weight excluding hydrogens is 488 g/mol. The van der Waals surface area contributed by atoms with Gasteiger partial charge in [0.1, 0.15) is 18.1 Å². The molecule has 5 rings (SSSR count). The van der Waals surface area contributed by atoms with E-state index in [1.165, 1.54) is 0 Å². The zero-order chi connectivity index (χ0) is 27.2. The van der Waals surface area contributed by atoms with Crippen molar-refractivity contribution in [1.82, 2.24) is 4.98 Å². The predicted molar refractivity (Wildman–Crippen MR) is 153 cm³/mol. The zero-order valence-electron chi connectivity index (χ0n) is 22.8. The average molecular weight is 523 g/mol. The summed E-state index contributed by atoms with van der Waals surface area (Å²) < 4.78 is 23.9. The third-order valence-corrected chi connectivity index (χ3v) is 6.88. The van der Waals surface area contributed by atoms with E-state index in [2.05, 4.69) is 55.2 Å². The highest BCUT2D eigenvalue weighted by atomic mass is 16.5. The minimum atomic E-state index is -0.891. The second-order valence-corrected chi connectivity index (χ2v) is 9.98. The first-order valence-electron chi connectivity index (χ1n) is 13.2. The van der Waals surface area contributed by atoms with E-state index in [9.17, 15) is 0 Å². The SMILES string of the molecule is COc1ccc(C2(c3ccc(OC)cc3)OC(=N[C@H](COc3ccccn3)CC(C)C)c3ccccc32)cc1. The van der Waals surface area contributed by atoms with Crippen LogP contribution in [0.1, 0.15) is 42.5 Å². The van der Waals surface area contributed by atoms with Crippen LogP contribution < -0.4 is 14.2 Å². The van der Waals surface area contributed by atoms with E-state index >= 15 is 0 Å². The van der Waals surface area contributed by atoms with Crippen molar-refractivity contribution in [2.24, 2.45) is 10.9 Å². The van der Waals surface area contributed by atoms with Gasteiger partial charge in [0.2, 0.25) is 11.8 Å². The molecule has 0 N–H and O–H groups in total. The smallest absolute Gasteiger partial charge is 0.218 e. The minimum Gasteiger partial charge on any atom is -0.497 e. The second kappa shape index (κ2) is 11.6. The van der Waals surface area contributed by atoms with Gasteiger partial charge >= 0.3 is 0 Å². The Balaban J connectivity index is 1.60. The van der Waals surface area contributed by atoms with E-state index in [4.69, 9.17) is 23.9 Å². The maximum atomic E-state index is 7.00. The molecule has 0 aliphatic carbocycles. The molecule has 200 valence electrons. The number of nitrogens with zero attached hydrogens (tertiary/aromatic N) is 2. The van der Waals surface area contributed by atoms with Crippen LogP contribution in [0.15, 0.2) is 102 Å². The van der Waals surface area contributed by atoms with Crippen molar-refractivity contribution in [3.63, 3.8) is 0 Å². The molecule has 1 aromatic heterocycles. The number of hydrogen-bond donors (Lipinski definition) is 0. The summed E-state index contributed by atoms with van der Waals surface area (Å²) in [7, 11) is 3.34. The molecule has 1 atom stereocenters. The van der Waals surface area contributed by atoms with Crippen LogP contribution in [-0.2, 0) is 10.3 Å². The van der Waals surface area contributed by atoms with Gasteiger partial charge in [0.25, 0.3) is 0 Å². The van der Waals surface area contributed by atoms with E-state index in [-0.39, 0.29) is 6.04 Å². The molecule has 0 fully saturated rings. The van der Waals surface area contributed by atoms with Gasteiger partial charge < -0.3 is 18.9 Å². The predicted octanol–water partition coefficient (Wildman–Crippen LogP) is 6.66. The number of hydrogen-bond acceptors (Lipinski definition) is 6. The van der Waals surface area contributed by atoms with Gasteiger partial charge in [-0.3, -0.25) is 0 Å². The van der Waals surface area contributed by atoms with Gasteiger partial charge in [0.05, 0.1) is 20.3 Å². The number of aliphatic imine (C=N–C) groups is 1. The Morgan fingerprint density at radius 1 is 0.795 bits per heavy atom. The molecule has 6 nitrogen and oxygen atoms in total. The van der Waals surface area contributed by atoms with Crippen LogP contribution in [0.25, 0.3) is 0 Å². The molecular formula is C33H34N2O4. The summed E-state index contributed by atoms with van der Waals surface area (Å²) in [5.41, 5.74) is 3.08. The third kappa shape index (κ3) is 5.46. The van der Waals surface area contributed by atoms with Crippen molar-refractivity contribution in [1.29, 1.82) is 0 Å². The summed E-state index contributed by atoms with van der Waals surface area (Å²) in [6.45, 7) is 4.79. The van der Waals surface area contributed by atoms with Crippen LogP contribution in [0.5, 0.6) is 17.4 Å². The Hall–Kier alpha value is -4.32. The van der Waals surface area contributed by atoms with E-state index in [1.807, 2.05) is 54.6 Å². The Kier molecular flexibility index (Phi) is 7.82. The molecule has 0 spiro atoms. The Morgan fingerprint density at radius 2 is 1.41 bits per heavy atom. The normalized spacial score (nSPS) is 15.5. The number of ether oxygens (including phenoxy) is 4. The number of aromatic nitrogens is 1. The van der Waals surface area contributed by atoms with Crippen LogP contribution in [0, 0.1) is 5.92 Å². The Bertz CT molecular complexity index is 1350. The van der Waals surface area contributed by atoms with Crippen LogP contribution in [-0.4, -0.2) is 37.8 Å². The summed E-state index contributed by atoms with van der Waals surface area (Å²) in [5, 5.41) is 0. The molecule has 1 aliphatic heterocycles. The lowest BCUT2D eigenvalue weighted by Gasteiger charge is -2.31. The van der Waals surface area contributed by atoms with Gasteiger partial charge in [-0.15, -0.1) is 0 Å². The summed E-state index contributed by atoms with van der Waals surface area (Å²) in [6, 6.07) is 29.9. The molecule has 0 saturated heterocycles. The van der Waals surface area contributed by atoms with Gasteiger partial charge in [0, 0.05) is 34.5 Å². The first kappa shape index (κ1) is 26.3. The lowest BCUT2D eigenvalue weighted by Crippen LogP contribution is -2.30. The van der Waals surface area contributed by atoms with Crippen molar-refractivity contribution in [3.8, 4) is 17.4 Å². The van der Waals surface area contributed by atoms with E-state index in [0.717, 1.165) is 40.2 Å². The van der Waals surface area contributed by atoms with E-state index in [0.29, 0.717) is 24.3 Å². The molecule has 0 saturated carbocycles. The molecule has 39 heavy (non-hydrogen) atoms. The molecule has 0 amide bonds. The lowest BCUT2D eigenvalue weighted by molar-refractivity contribution is 0.155. The second-order valence-electron chi connectivity index (χ2n) is 9.98. The molecule has 0 radical (unpaired) electrons. The molecule has 1 aliphatic rings. The maximum Gasteiger partial charge on any atom is 0.218 e. The fourth-order valence-corrected chi connectivity index (χ4v) is 5.06. The number of rotatable bonds is 10. The monoisotopic (exact) mass is 522 g/mol. The number of fused-ring (bicyclic) bond motifs is 1. The first-order chi connectivity index (χ1) is 19.0. The standard InChI is InChI=1S/C33H34N2O4/c1-23(2)21-26(22-38-31-11-7-8-20-34-31)35-32-29-9-5-6-10-30(29)33(39-32,24-12-16-27(36-3)17-13-24)25-14-18-28(37-4)19-15-25/h5-20,23,26H,21-22H2,1-4H3/t26-/m0/s1. The van der Waals surface area contributed by atoms with Gasteiger partial charge in [-0.25, -0.2) is 9.98 Å². The molecule has 0 unspecified atom stereocenters. The minimum absolute atomic E-state index is 0.113. The fourth-order valence-electron chi connectivity index (χ4n) is 5.06. The van der Waals surface area contributed by atoms with Crippen molar-refractivity contribution < 1.29 is 18.9 Å². The molecule has 2 heterocycles. The van der Waals surface area contributed by atoms with E-state index < -0.39 is 5.60 Å². The summed E-state index contributed by atoms with van der Waals surface area (Å²) in [4.78, 5) is 9.48. The fraction of sp³-hybridized carbons (Fsp3) is 0.273. The number of methoxy groups -OCH3 is 2. The van der Waals surface area contributed by atoms with Gasteiger partial charge in [0.15, 0.2) is 5.60 Å². The molecule has 4 aromatic rings. The van der Waals surface area contributed by atoms with Crippen molar-refractivity contribution in [2.75, 3.05) is 20.8 Å². The van der Waals surface area contributed by atoms with Crippen molar-refractivity contribution in [2.45, 2.75) is 31.9 Å². The first-order valence-corrected chi connectivity index (χ1v) is 13.2. The topological polar surface area (TPSA) is 62.2 Å². The number of benzene rings is 3. The van der Waals surface area contributed by atoms with Crippen LogP contribution >= 0.6 is 0 Å². The summed E-state index contributed by atoms with van der Waals surface area (Å²) in [6.07, 6.45) is 2.58. The molecule has 0 bridgehead atoms. The Labute approximate surface area is 230 Å². The van der Waals surface area contributed by atoms with Gasteiger partial charge in [-0.05, 0) is 48.7 Å². The van der Waals surface area contributed by atoms with Crippen molar-refractivity contribution in [3.05, 3.63) is 119 Å². The quantitative estimate of drug-likeness (QED) is 0.233. The lowest BCUT2D eigenvalue weighted by atomic mass is 9.80. The zero-order valence-corrected chi connectivity index (χ0v) is 22.8. The highest BCUT2D eigenvalue weighted by Crippen LogP contribution is 2.48. The van der Waals surface area contributed by atoms with E-state index in [1.54, 1.807) is 20.4 Å². The number of pyridine rings is 1. The maximum absolute atomic E-state index is 7.00.